The highest BCUT2D eigenvalue weighted by atomic mass is 16.5. The van der Waals surface area contributed by atoms with Gasteiger partial charge in [0.1, 0.15) is 17.4 Å². The zero-order valence-corrected chi connectivity index (χ0v) is 17.0. The van der Waals surface area contributed by atoms with Gasteiger partial charge in [0.2, 0.25) is 11.8 Å². The molecule has 0 saturated carbocycles. The van der Waals surface area contributed by atoms with Gasteiger partial charge in [0.05, 0.1) is 36.5 Å². The van der Waals surface area contributed by atoms with Crippen LogP contribution in [0.2, 0.25) is 0 Å². The maximum absolute atomic E-state index is 11.8. The van der Waals surface area contributed by atoms with Crippen molar-refractivity contribution in [2.24, 2.45) is 5.73 Å². The van der Waals surface area contributed by atoms with Gasteiger partial charge in [-0.05, 0) is 48.9 Å². The van der Waals surface area contributed by atoms with E-state index in [4.69, 9.17) is 19.9 Å². The Hall–Kier alpha value is -4.25. The van der Waals surface area contributed by atoms with Crippen molar-refractivity contribution in [1.82, 2.24) is 10.2 Å². The van der Waals surface area contributed by atoms with Gasteiger partial charge in [0.25, 0.3) is 0 Å². The van der Waals surface area contributed by atoms with Gasteiger partial charge in [0.15, 0.2) is 0 Å². The van der Waals surface area contributed by atoms with Crippen molar-refractivity contribution in [3.05, 3.63) is 76.7 Å². The molecular weight excluding hydrogens is 396 g/mol. The first-order chi connectivity index (χ1) is 15.1. The number of fused-ring (bicyclic) bond motifs is 1. The summed E-state index contributed by atoms with van der Waals surface area (Å²) in [6, 6.07) is 16.5. The number of hydrogen-bond acceptors (Lipinski definition) is 7. The van der Waals surface area contributed by atoms with E-state index in [-0.39, 0.29) is 11.5 Å². The van der Waals surface area contributed by atoms with Gasteiger partial charge in [-0.3, -0.25) is 5.10 Å². The number of hydrogen-bond donors (Lipinski definition) is 2. The molecule has 0 aliphatic carbocycles. The van der Waals surface area contributed by atoms with Gasteiger partial charge in [-0.2, -0.15) is 5.26 Å². The molecule has 0 bridgehead atoms. The van der Waals surface area contributed by atoms with Gasteiger partial charge in [-0.15, -0.1) is 5.10 Å². The van der Waals surface area contributed by atoms with Crippen LogP contribution in [0.1, 0.15) is 34.3 Å². The molecule has 0 spiro atoms. The molecule has 31 heavy (non-hydrogen) atoms. The highest BCUT2D eigenvalue weighted by Crippen LogP contribution is 2.45. The van der Waals surface area contributed by atoms with Crippen molar-refractivity contribution in [2.75, 3.05) is 13.7 Å². The molecule has 8 heteroatoms. The predicted molar refractivity (Wildman–Crippen MR) is 112 cm³/mol. The van der Waals surface area contributed by atoms with E-state index in [9.17, 15) is 10.1 Å². The highest BCUT2D eigenvalue weighted by Gasteiger charge is 2.35. The lowest BCUT2D eigenvalue weighted by Crippen LogP contribution is -2.21. The monoisotopic (exact) mass is 416 g/mol. The Morgan fingerprint density at radius 2 is 1.94 bits per heavy atom. The van der Waals surface area contributed by atoms with Gasteiger partial charge in [-0.25, -0.2) is 4.79 Å². The minimum atomic E-state index is -0.513. The molecule has 0 unspecified atom stereocenters. The third-order valence-electron chi connectivity index (χ3n) is 5.06. The number of aromatic amines is 1. The van der Waals surface area contributed by atoms with Gasteiger partial charge >= 0.3 is 5.97 Å². The Balaban J connectivity index is 1.82. The summed E-state index contributed by atoms with van der Waals surface area (Å²) in [6.45, 7) is 2.50. The molecule has 0 saturated heterocycles. The molecule has 2 heterocycles. The maximum Gasteiger partial charge on any atom is 0.337 e. The third-order valence-corrected chi connectivity index (χ3v) is 5.06. The molecule has 3 aromatic rings. The van der Waals surface area contributed by atoms with E-state index in [1.54, 1.807) is 24.3 Å². The minimum absolute atomic E-state index is 0.00166. The van der Waals surface area contributed by atoms with Crippen LogP contribution in [0.3, 0.4) is 0 Å². The molecule has 8 nitrogen and oxygen atoms in total. The van der Waals surface area contributed by atoms with Crippen LogP contribution < -0.4 is 15.2 Å². The Labute approximate surface area is 178 Å². The van der Waals surface area contributed by atoms with Crippen molar-refractivity contribution in [1.29, 1.82) is 5.26 Å². The Kier molecular flexibility index (Phi) is 5.33. The lowest BCUT2D eigenvalue weighted by molar-refractivity contribution is 0.0600. The number of rotatable bonds is 5. The fourth-order valence-corrected chi connectivity index (χ4v) is 3.61. The second-order valence-electron chi connectivity index (χ2n) is 6.81. The summed E-state index contributed by atoms with van der Waals surface area (Å²) in [6.07, 6.45) is 0. The van der Waals surface area contributed by atoms with Crippen LogP contribution in [0.4, 0.5) is 0 Å². The van der Waals surface area contributed by atoms with E-state index in [0.29, 0.717) is 29.3 Å². The SMILES string of the molecule is CCOc1ccc(-c2[nH]nc3c2[C@H](c2ccc(C(=O)OC)cc2)C(C#N)=C(N)O3)cc1. The number of methoxy groups -OCH3 is 1. The number of carbonyl (C=O) groups excluding carboxylic acids is 1. The Bertz CT molecular complexity index is 1190. The Morgan fingerprint density at radius 3 is 2.55 bits per heavy atom. The quantitative estimate of drug-likeness (QED) is 0.610. The third kappa shape index (κ3) is 3.57. The van der Waals surface area contributed by atoms with E-state index in [2.05, 4.69) is 16.3 Å². The number of nitrogens with zero attached hydrogens (tertiary/aromatic N) is 2. The highest BCUT2D eigenvalue weighted by molar-refractivity contribution is 5.89. The second-order valence-corrected chi connectivity index (χ2v) is 6.81. The number of carbonyl (C=O) groups is 1. The molecule has 156 valence electrons. The van der Waals surface area contributed by atoms with Gasteiger partial charge < -0.3 is 19.9 Å². The fourth-order valence-electron chi connectivity index (χ4n) is 3.61. The van der Waals surface area contributed by atoms with Crippen molar-refractivity contribution in [2.45, 2.75) is 12.8 Å². The van der Waals surface area contributed by atoms with E-state index in [1.165, 1.54) is 7.11 Å². The average molecular weight is 416 g/mol. The Morgan fingerprint density at radius 1 is 1.23 bits per heavy atom. The maximum atomic E-state index is 11.8. The molecule has 3 N–H and O–H groups in total. The summed E-state index contributed by atoms with van der Waals surface area (Å²) < 4.78 is 15.9. The van der Waals surface area contributed by atoms with Gasteiger partial charge in [-0.1, -0.05) is 12.1 Å². The van der Waals surface area contributed by atoms with Crippen LogP contribution in [0.25, 0.3) is 11.3 Å². The normalized spacial score (nSPS) is 14.9. The lowest BCUT2D eigenvalue weighted by atomic mass is 9.83. The number of ether oxygens (including phenoxy) is 3. The van der Waals surface area contributed by atoms with Crippen LogP contribution in [0, 0.1) is 11.3 Å². The standard InChI is InChI=1S/C23H20N4O4/c1-3-30-16-10-8-14(9-11-16)20-19-18(13-4-6-15(7-5-13)23(28)29-2)17(12-24)21(25)31-22(19)27-26-20/h4-11,18H,3,25H2,1-2H3,(H,26,27)/t18-/m1/s1. The van der Waals surface area contributed by atoms with Crippen molar-refractivity contribution in [3.63, 3.8) is 0 Å². The zero-order chi connectivity index (χ0) is 22.0. The number of H-pyrrole nitrogens is 1. The van der Waals surface area contributed by atoms with Crippen LogP contribution >= 0.6 is 0 Å². The molecule has 0 fully saturated rings. The first kappa shape index (κ1) is 20.0. The number of aromatic nitrogens is 2. The molecule has 0 amide bonds. The molecular formula is C23H20N4O4. The first-order valence-corrected chi connectivity index (χ1v) is 9.64. The smallest absolute Gasteiger partial charge is 0.337 e. The van der Waals surface area contributed by atoms with E-state index in [0.717, 1.165) is 16.9 Å². The van der Waals surface area contributed by atoms with Crippen molar-refractivity contribution >= 4 is 5.97 Å². The lowest BCUT2D eigenvalue weighted by Gasteiger charge is -2.24. The molecule has 0 radical (unpaired) electrons. The van der Waals surface area contributed by atoms with E-state index in [1.807, 2.05) is 31.2 Å². The molecule has 4 rings (SSSR count). The van der Waals surface area contributed by atoms with Crippen LogP contribution in [-0.2, 0) is 4.74 Å². The number of nitriles is 1. The second kappa shape index (κ2) is 8.24. The summed E-state index contributed by atoms with van der Waals surface area (Å²) in [5.41, 5.74) is 9.73. The molecule has 2 aromatic carbocycles. The molecule has 1 atom stereocenters. The van der Waals surface area contributed by atoms with Crippen LogP contribution in [0.5, 0.6) is 11.6 Å². The first-order valence-electron chi connectivity index (χ1n) is 9.64. The van der Waals surface area contributed by atoms with E-state index >= 15 is 0 Å². The topological polar surface area (TPSA) is 123 Å². The van der Waals surface area contributed by atoms with Gasteiger partial charge in [0, 0.05) is 5.56 Å². The fraction of sp³-hybridized carbons (Fsp3) is 0.174. The average Bonchev–Trinajstić information content (AvgIpc) is 3.21. The van der Waals surface area contributed by atoms with Crippen molar-refractivity contribution < 1.29 is 19.0 Å². The molecule has 1 aliphatic heterocycles. The number of nitrogens with two attached hydrogens (primary N) is 1. The van der Waals surface area contributed by atoms with Crippen LogP contribution in [-0.4, -0.2) is 29.9 Å². The number of nitrogens with one attached hydrogen (secondary N) is 1. The summed E-state index contributed by atoms with van der Waals surface area (Å²) in [5, 5.41) is 17.1. The summed E-state index contributed by atoms with van der Waals surface area (Å²) in [5.74, 6) is 0.117. The van der Waals surface area contributed by atoms with Crippen LogP contribution in [0.15, 0.2) is 60.0 Å². The number of allylic oxidation sites excluding steroid dienone is 1. The number of esters is 1. The summed E-state index contributed by atoms with van der Waals surface area (Å²) in [4.78, 5) is 11.8. The molecule has 1 aliphatic rings. The summed E-state index contributed by atoms with van der Waals surface area (Å²) >= 11 is 0. The zero-order valence-electron chi connectivity index (χ0n) is 17.0. The summed E-state index contributed by atoms with van der Waals surface area (Å²) in [7, 11) is 1.33. The molecule has 1 aromatic heterocycles. The van der Waals surface area contributed by atoms with E-state index < -0.39 is 11.9 Å². The van der Waals surface area contributed by atoms with Crippen molar-refractivity contribution in [3.8, 4) is 29.0 Å². The number of benzene rings is 2. The predicted octanol–water partition coefficient (Wildman–Crippen LogP) is 3.48. The largest absolute Gasteiger partial charge is 0.494 e. The minimum Gasteiger partial charge on any atom is -0.494 e.